The number of hydrogen-bond donors (Lipinski definition) is 3. The molecule has 0 unspecified atom stereocenters. The largest absolute Gasteiger partial charge is 0.493 e. The van der Waals surface area contributed by atoms with E-state index >= 15 is 0 Å². The van der Waals surface area contributed by atoms with Crippen LogP contribution in [0.2, 0.25) is 0 Å². The molecular weight excluding hydrogens is 186 g/mol. The van der Waals surface area contributed by atoms with E-state index in [0.717, 1.165) is 5.06 Å². The second-order valence-corrected chi connectivity index (χ2v) is 2.86. The monoisotopic (exact) mass is 199 g/mol. The smallest absolute Gasteiger partial charge is 0.287 e. The Morgan fingerprint density at radius 2 is 2.36 bits per heavy atom. The van der Waals surface area contributed by atoms with Gasteiger partial charge in [0.15, 0.2) is 0 Å². The van der Waals surface area contributed by atoms with Crippen LogP contribution in [0, 0.1) is 0 Å². The number of aliphatic hydroxyl groups excluding tert-OH is 1. The Morgan fingerprint density at radius 3 is 2.86 bits per heavy atom. The Kier molecular flexibility index (Phi) is 2.98. The van der Waals surface area contributed by atoms with E-state index in [1.54, 1.807) is 6.92 Å². The zero-order valence-corrected chi connectivity index (χ0v) is 7.86. The van der Waals surface area contributed by atoms with Gasteiger partial charge in [0.05, 0.1) is 6.54 Å². The Bertz CT molecular complexity index is 309. The van der Waals surface area contributed by atoms with Gasteiger partial charge in [-0.05, 0) is 6.92 Å². The van der Waals surface area contributed by atoms with Crippen LogP contribution in [-0.2, 0) is 9.63 Å². The highest BCUT2D eigenvalue weighted by Crippen LogP contribution is 2.19. The number of aliphatic hydroxyl groups is 1. The van der Waals surface area contributed by atoms with Gasteiger partial charge in [0.25, 0.3) is 5.91 Å². The second kappa shape index (κ2) is 4.01. The standard InChI is InChI=1S/C8H13N3O3/c1-5-4-6(12)11(3-2-9)14-7(5)8(10)13/h4,12H,2-3,9H2,1H3,(H2,10,13). The molecule has 0 aromatic rings. The lowest BCUT2D eigenvalue weighted by Gasteiger charge is -2.26. The zero-order chi connectivity index (χ0) is 10.7. The van der Waals surface area contributed by atoms with Crippen molar-refractivity contribution in [2.45, 2.75) is 6.92 Å². The van der Waals surface area contributed by atoms with Crippen LogP contribution in [0.4, 0.5) is 0 Å². The van der Waals surface area contributed by atoms with E-state index in [1.807, 2.05) is 0 Å². The topological polar surface area (TPSA) is 102 Å². The number of amides is 1. The first-order valence-corrected chi connectivity index (χ1v) is 4.13. The minimum atomic E-state index is -0.673. The Balaban J connectivity index is 2.88. The lowest BCUT2D eigenvalue weighted by molar-refractivity contribution is -0.144. The van der Waals surface area contributed by atoms with E-state index in [1.165, 1.54) is 6.08 Å². The van der Waals surface area contributed by atoms with Gasteiger partial charge in [-0.15, -0.1) is 0 Å². The van der Waals surface area contributed by atoms with Crippen LogP contribution in [-0.4, -0.2) is 29.2 Å². The molecule has 6 heteroatoms. The minimum Gasteiger partial charge on any atom is -0.493 e. The maximum absolute atomic E-state index is 10.9. The molecule has 0 radical (unpaired) electrons. The molecule has 0 saturated heterocycles. The first-order chi connectivity index (χ1) is 6.56. The van der Waals surface area contributed by atoms with Crippen LogP contribution in [0.25, 0.3) is 0 Å². The normalized spacial score (nSPS) is 16.4. The first kappa shape index (κ1) is 10.4. The summed E-state index contributed by atoms with van der Waals surface area (Å²) in [5.74, 6) is -0.734. The highest BCUT2D eigenvalue weighted by Gasteiger charge is 2.22. The average Bonchev–Trinajstić information content (AvgIpc) is 2.09. The molecule has 1 aliphatic rings. The number of carbonyl (C=O) groups excluding carboxylic acids is 1. The SMILES string of the molecule is CC1=C(C(N)=O)ON(CCN)C(O)=C1. The molecule has 0 aliphatic carbocycles. The summed E-state index contributed by atoms with van der Waals surface area (Å²) < 4.78 is 0. The van der Waals surface area contributed by atoms with Crippen LogP contribution < -0.4 is 11.5 Å². The molecule has 6 nitrogen and oxygen atoms in total. The summed E-state index contributed by atoms with van der Waals surface area (Å²) in [6.45, 7) is 2.20. The number of rotatable bonds is 3. The summed E-state index contributed by atoms with van der Waals surface area (Å²) in [6.07, 6.45) is 1.40. The number of hydroxylamine groups is 2. The van der Waals surface area contributed by atoms with E-state index in [0.29, 0.717) is 12.1 Å². The van der Waals surface area contributed by atoms with Gasteiger partial charge in [0, 0.05) is 18.2 Å². The summed E-state index contributed by atoms with van der Waals surface area (Å²) >= 11 is 0. The highest BCUT2D eigenvalue weighted by molar-refractivity contribution is 5.91. The minimum absolute atomic E-state index is 0.0243. The van der Waals surface area contributed by atoms with Crippen molar-refractivity contribution in [3.05, 3.63) is 23.3 Å². The van der Waals surface area contributed by atoms with Gasteiger partial charge < -0.3 is 21.4 Å². The van der Waals surface area contributed by atoms with Crippen molar-refractivity contribution in [2.24, 2.45) is 11.5 Å². The molecule has 0 fully saturated rings. The van der Waals surface area contributed by atoms with Crippen LogP contribution in [0.5, 0.6) is 0 Å². The Morgan fingerprint density at radius 1 is 1.71 bits per heavy atom. The maximum Gasteiger partial charge on any atom is 0.287 e. The number of nitrogens with two attached hydrogens (primary N) is 2. The molecule has 0 aromatic carbocycles. The van der Waals surface area contributed by atoms with Gasteiger partial charge in [0.2, 0.25) is 11.6 Å². The van der Waals surface area contributed by atoms with Gasteiger partial charge >= 0.3 is 0 Å². The van der Waals surface area contributed by atoms with Crippen LogP contribution in [0.3, 0.4) is 0 Å². The molecule has 1 heterocycles. The molecule has 1 rings (SSSR count). The number of carbonyl (C=O) groups is 1. The van der Waals surface area contributed by atoms with E-state index in [2.05, 4.69) is 0 Å². The third kappa shape index (κ3) is 1.97. The van der Waals surface area contributed by atoms with Gasteiger partial charge in [-0.2, -0.15) is 5.06 Å². The van der Waals surface area contributed by atoms with Crippen molar-refractivity contribution < 1.29 is 14.7 Å². The fraction of sp³-hybridized carbons (Fsp3) is 0.375. The number of hydrogen-bond acceptors (Lipinski definition) is 5. The van der Waals surface area contributed by atoms with Crippen molar-refractivity contribution in [1.29, 1.82) is 0 Å². The second-order valence-electron chi connectivity index (χ2n) is 2.86. The van der Waals surface area contributed by atoms with Crippen molar-refractivity contribution in [1.82, 2.24) is 5.06 Å². The van der Waals surface area contributed by atoms with E-state index in [-0.39, 0.29) is 18.2 Å². The predicted octanol–water partition coefficient (Wildman–Crippen LogP) is -0.649. The number of primary amides is 1. The van der Waals surface area contributed by atoms with Gasteiger partial charge in [0.1, 0.15) is 0 Å². The van der Waals surface area contributed by atoms with E-state index in [4.69, 9.17) is 16.3 Å². The molecule has 0 aromatic heterocycles. The summed E-state index contributed by atoms with van der Waals surface area (Å²) in [6, 6.07) is 0. The van der Waals surface area contributed by atoms with E-state index in [9.17, 15) is 9.90 Å². The van der Waals surface area contributed by atoms with Crippen molar-refractivity contribution in [2.75, 3.05) is 13.1 Å². The average molecular weight is 199 g/mol. The molecule has 0 spiro atoms. The summed E-state index contributed by atoms with van der Waals surface area (Å²) in [5, 5.41) is 10.5. The molecule has 1 amide bonds. The predicted molar refractivity (Wildman–Crippen MR) is 49.5 cm³/mol. The quantitative estimate of drug-likeness (QED) is 0.560. The molecule has 0 bridgehead atoms. The third-order valence-electron chi connectivity index (χ3n) is 1.72. The van der Waals surface area contributed by atoms with Gasteiger partial charge in [-0.25, -0.2) is 0 Å². The highest BCUT2D eigenvalue weighted by atomic mass is 16.7. The van der Waals surface area contributed by atoms with Crippen molar-refractivity contribution >= 4 is 5.91 Å². The lowest BCUT2D eigenvalue weighted by atomic mass is 10.2. The van der Waals surface area contributed by atoms with Crippen molar-refractivity contribution in [3.8, 4) is 0 Å². The van der Waals surface area contributed by atoms with Gasteiger partial charge in [-0.3, -0.25) is 4.79 Å². The summed E-state index contributed by atoms with van der Waals surface area (Å²) in [4.78, 5) is 15.9. The number of nitrogens with zero attached hydrogens (tertiary/aromatic N) is 1. The summed E-state index contributed by atoms with van der Waals surface area (Å²) in [5.41, 5.74) is 10.8. The lowest BCUT2D eigenvalue weighted by Crippen LogP contribution is -2.34. The molecule has 78 valence electrons. The fourth-order valence-electron chi connectivity index (χ4n) is 1.08. The first-order valence-electron chi connectivity index (χ1n) is 4.13. The molecule has 0 saturated carbocycles. The Hall–Kier alpha value is -1.69. The van der Waals surface area contributed by atoms with Crippen molar-refractivity contribution in [3.63, 3.8) is 0 Å². The molecule has 14 heavy (non-hydrogen) atoms. The molecule has 1 aliphatic heterocycles. The molecule has 0 atom stereocenters. The number of allylic oxidation sites excluding steroid dienone is 2. The molecule has 5 N–H and O–H groups in total. The van der Waals surface area contributed by atoms with Crippen LogP contribution in [0.15, 0.2) is 23.3 Å². The Labute approximate surface area is 81.4 Å². The summed E-state index contributed by atoms with van der Waals surface area (Å²) in [7, 11) is 0. The zero-order valence-electron chi connectivity index (χ0n) is 7.86. The maximum atomic E-state index is 10.9. The van der Waals surface area contributed by atoms with E-state index < -0.39 is 5.91 Å². The molecular formula is C8H13N3O3. The third-order valence-corrected chi connectivity index (χ3v) is 1.72. The van der Waals surface area contributed by atoms with Crippen LogP contribution in [0.1, 0.15) is 6.92 Å². The fourth-order valence-corrected chi connectivity index (χ4v) is 1.08. The van der Waals surface area contributed by atoms with Crippen LogP contribution >= 0.6 is 0 Å². The van der Waals surface area contributed by atoms with Gasteiger partial charge in [-0.1, -0.05) is 0 Å².